The highest BCUT2D eigenvalue weighted by Crippen LogP contribution is 1.96. The number of hydrogen-bond acceptors (Lipinski definition) is 4. The minimum atomic E-state index is 0.642. The van der Waals surface area contributed by atoms with Gasteiger partial charge in [0.05, 0.1) is 0 Å². The summed E-state index contributed by atoms with van der Waals surface area (Å²) in [5.41, 5.74) is 5.38. The van der Waals surface area contributed by atoms with Gasteiger partial charge in [0, 0.05) is 51.9 Å². The van der Waals surface area contributed by atoms with Gasteiger partial charge in [0.1, 0.15) is 0 Å². The summed E-state index contributed by atoms with van der Waals surface area (Å²) >= 11 is 0. The van der Waals surface area contributed by atoms with Crippen molar-refractivity contribution in [3.05, 3.63) is 0 Å². The Morgan fingerprint density at radius 1 is 1.54 bits per heavy atom. The quantitative estimate of drug-likeness (QED) is 0.474. The van der Waals surface area contributed by atoms with Crippen LogP contribution in [0.1, 0.15) is 6.92 Å². The first-order valence-corrected chi connectivity index (χ1v) is 5.19. The zero-order valence-electron chi connectivity index (χ0n) is 8.55. The van der Waals surface area contributed by atoms with Crippen LogP contribution in [0, 0.1) is 0 Å². The summed E-state index contributed by atoms with van der Waals surface area (Å²) in [7, 11) is 0. The molecule has 1 fully saturated rings. The van der Waals surface area contributed by atoms with Crippen LogP contribution in [0.3, 0.4) is 0 Å². The molecule has 78 valence electrons. The maximum absolute atomic E-state index is 5.38. The van der Waals surface area contributed by atoms with Crippen LogP contribution in [0.25, 0.3) is 0 Å². The number of piperazine rings is 1. The highest BCUT2D eigenvalue weighted by molar-refractivity contribution is 4.75. The second-order valence-electron chi connectivity index (χ2n) is 3.69. The molecule has 0 saturated carbocycles. The summed E-state index contributed by atoms with van der Waals surface area (Å²) in [6.07, 6.45) is 0. The molecule has 1 rings (SSSR count). The minimum absolute atomic E-state index is 0.642. The maximum atomic E-state index is 5.38. The van der Waals surface area contributed by atoms with Gasteiger partial charge >= 0.3 is 0 Å². The Labute approximate surface area is 80.9 Å². The van der Waals surface area contributed by atoms with Crippen LogP contribution in [0.2, 0.25) is 0 Å². The van der Waals surface area contributed by atoms with Gasteiger partial charge in [-0.05, 0) is 6.92 Å². The summed E-state index contributed by atoms with van der Waals surface area (Å²) in [5, 5.41) is 6.74. The van der Waals surface area contributed by atoms with E-state index in [0.717, 1.165) is 32.7 Å². The fraction of sp³-hybridized carbons (Fsp3) is 1.00. The second kappa shape index (κ2) is 6.32. The first-order chi connectivity index (χ1) is 6.33. The summed E-state index contributed by atoms with van der Waals surface area (Å²) in [5.74, 6) is 0. The first kappa shape index (κ1) is 10.9. The fourth-order valence-corrected chi connectivity index (χ4v) is 1.68. The van der Waals surface area contributed by atoms with E-state index in [-0.39, 0.29) is 0 Å². The van der Waals surface area contributed by atoms with Gasteiger partial charge in [0.2, 0.25) is 0 Å². The average Bonchev–Trinajstić information content (AvgIpc) is 2.13. The van der Waals surface area contributed by atoms with Crippen LogP contribution in [0.5, 0.6) is 0 Å². The lowest BCUT2D eigenvalue weighted by Gasteiger charge is -2.31. The van der Waals surface area contributed by atoms with Crippen molar-refractivity contribution in [1.82, 2.24) is 15.5 Å². The number of nitrogens with zero attached hydrogens (tertiary/aromatic N) is 1. The molecule has 0 aliphatic carbocycles. The third-order valence-electron chi connectivity index (χ3n) is 2.38. The molecule has 4 heteroatoms. The molecular weight excluding hydrogens is 164 g/mol. The van der Waals surface area contributed by atoms with E-state index in [1.807, 2.05) is 0 Å². The Morgan fingerprint density at radius 2 is 2.38 bits per heavy atom. The molecule has 0 aromatic rings. The zero-order chi connectivity index (χ0) is 9.52. The van der Waals surface area contributed by atoms with Gasteiger partial charge in [-0.3, -0.25) is 4.90 Å². The molecule has 4 N–H and O–H groups in total. The predicted molar refractivity (Wildman–Crippen MR) is 55.8 cm³/mol. The van der Waals surface area contributed by atoms with Gasteiger partial charge in [0.15, 0.2) is 0 Å². The molecule has 0 aromatic carbocycles. The second-order valence-corrected chi connectivity index (χ2v) is 3.69. The summed E-state index contributed by atoms with van der Waals surface area (Å²) < 4.78 is 0. The molecule has 1 unspecified atom stereocenters. The Kier molecular flexibility index (Phi) is 5.31. The SMILES string of the molecule is CC1CN(CCNCCN)CCN1. The third kappa shape index (κ3) is 4.57. The van der Waals surface area contributed by atoms with Crippen molar-refractivity contribution in [2.24, 2.45) is 5.73 Å². The molecule has 0 aromatic heterocycles. The van der Waals surface area contributed by atoms with Crippen LogP contribution in [0.4, 0.5) is 0 Å². The van der Waals surface area contributed by atoms with Gasteiger partial charge in [-0.2, -0.15) is 0 Å². The van der Waals surface area contributed by atoms with Gasteiger partial charge in [-0.25, -0.2) is 0 Å². The van der Waals surface area contributed by atoms with Crippen LogP contribution in [-0.2, 0) is 0 Å². The van der Waals surface area contributed by atoms with Crippen molar-refractivity contribution >= 4 is 0 Å². The van der Waals surface area contributed by atoms with Crippen molar-refractivity contribution in [3.8, 4) is 0 Å². The van der Waals surface area contributed by atoms with Gasteiger partial charge < -0.3 is 16.4 Å². The van der Waals surface area contributed by atoms with Crippen LogP contribution in [-0.4, -0.2) is 56.8 Å². The van der Waals surface area contributed by atoms with Gasteiger partial charge in [-0.15, -0.1) is 0 Å². The van der Waals surface area contributed by atoms with Crippen LogP contribution < -0.4 is 16.4 Å². The lowest BCUT2D eigenvalue weighted by Crippen LogP contribution is -2.50. The number of nitrogens with two attached hydrogens (primary N) is 1. The summed E-state index contributed by atoms with van der Waals surface area (Å²) in [4.78, 5) is 2.49. The molecule has 0 bridgehead atoms. The van der Waals surface area contributed by atoms with Crippen LogP contribution in [0.15, 0.2) is 0 Å². The highest BCUT2D eigenvalue weighted by Gasteiger charge is 2.13. The first-order valence-electron chi connectivity index (χ1n) is 5.19. The molecule has 0 radical (unpaired) electrons. The molecule has 13 heavy (non-hydrogen) atoms. The lowest BCUT2D eigenvalue weighted by molar-refractivity contribution is 0.208. The highest BCUT2D eigenvalue weighted by atomic mass is 15.2. The normalized spacial score (nSPS) is 24.9. The van der Waals surface area contributed by atoms with Gasteiger partial charge in [-0.1, -0.05) is 0 Å². The van der Waals surface area contributed by atoms with E-state index in [1.54, 1.807) is 0 Å². The maximum Gasteiger partial charge on any atom is 0.0167 e. The molecule has 1 atom stereocenters. The lowest BCUT2D eigenvalue weighted by atomic mass is 10.2. The fourth-order valence-electron chi connectivity index (χ4n) is 1.68. The molecule has 0 amide bonds. The third-order valence-corrected chi connectivity index (χ3v) is 2.38. The van der Waals surface area contributed by atoms with E-state index in [1.165, 1.54) is 13.1 Å². The van der Waals surface area contributed by atoms with E-state index >= 15 is 0 Å². The molecule has 1 heterocycles. The van der Waals surface area contributed by atoms with Crippen molar-refractivity contribution in [3.63, 3.8) is 0 Å². The Morgan fingerprint density at radius 3 is 3.08 bits per heavy atom. The Bertz CT molecular complexity index is 129. The number of rotatable bonds is 5. The Hall–Kier alpha value is -0.160. The van der Waals surface area contributed by atoms with Crippen molar-refractivity contribution < 1.29 is 0 Å². The average molecular weight is 186 g/mol. The van der Waals surface area contributed by atoms with Crippen molar-refractivity contribution in [2.45, 2.75) is 13.0 Å². The monoisotopic (exact) mass is 186 g/mol. The van der Waals surface area contributed by atoms with Crippen molar-refractivity contribution in [2.75, 3.05) is 45.8 Å². The van der Waals surface area contributed by atoms with E-state index < -0.39 is 0 Å². The number of nitrogens with one attached hydrogen (secondary N) is 2. The summed E-state index contributed by atoms with van der Waals surface area (Å²) in [6, 6.07) is 0.642. The molecule has 4 nitrogen and oxygen atoms in total. The van der Waals surface area contributed by atoms with Crippen LogP contribution >= 0.6 is 0 Å². The topological polar surface area (TPSA) is 53.3 Å². The van der Waals surface area contributed by atoms with E-state index in [9.17, 15) is 0 Å². The zero-order valence-corrected chi connectivity index (χ0v) is 8.55. The van der Waals surface area contributed by atoms with Crippen molar-refractivity contribution in [1.29, 1.82) is 0 Å². The molecular formula is C9H22N4. The smallest absolute Gasteiger partial charge is 0.0167 e. The number of hydrogen-bond donors (Lipinski definition) is 3. The standard InChI is InChI=1S/C9H22N4/c1-9-8-13(7-5-12-9)6-4-11-3-2-10/h9,11-12H,2-8,10H2,1H3. The van der Waals surface area contributed by atoms with E-state index in [2.05, 4.69) is 22.5 Å². The van der Waals surface area contributed by atoms with E-state index in [0.29, 0.717) is 6.04 Å². The molecule has 1 aliphatic rings. The van der Waals surface area contributed by atoms with E-state index in [4.69, 9.17) is 5.73 Å². The largest absolute Gasteiger partial charge is 0.329 e. The Balaban J connectivity index is 2.00. The summed E-state index contributed by atoms with van der Waals surface area (Å²) in [6.45, 7) is 9.58. The molecule has 0 spiro atoms. The van der Waals surface area contributed by atoms with Gasteiger partial charge in [0.25, 0.3) is 0 Å². The molecule has 1 aliphatic heterocycles. The predicted octanol–water partition coefficient (Wildman–Crippen LogP) is -1.17. The minimum Gasteiger partial charge on any atom is -0.329 e. The molecule has 1 saturated heterocycles.